The number of benzene rings is 1. The van der Waals surface area contributed by atoms with E-state index in [-0.39, 0.29) is 11.5 Å². The number of aromatic amines is 1. The van der Waals surface area contributed by atoms with E-state index < -0.39 is 0 Å². The van der Waals surface area contributed by atoms with Crippen LogP contribution in [0.5, 0.6) is 5.75 Å². The number of H-pyrrole nitrogens is 1. The number of hydrogen-bond donors (Lipinski definition) is 1. The molecule has 4 rings (SSSR count). The molecule has 0 unspecified atom stereocenters. The highest BCUT2D eigenvalue weighted by atomic mass is 16.5. The standard InChI is InChI=1S/C23H25N5O3/c1-15-12-16(6-7-20(15)31-2)4-3-5-21(29)28-11-8-17-19(14-28)26-22(27-23(17)30)18-13-24-9-10-25-18/h6-7,9-10,12-13H,3-5,8,11,14H2,1-2H3,(H,26,27,30). The second-order valence-corrected chi connectivity index (χ2v) is 7.65. The van der Waals surface area contributed by atoms with E-state index in [1.165, 1.54) is 5.56 Å². The molecule has 1 aliphatic rings. The molecule has 0 saturated carbocycles. The van der Waals surface area contributed by atoms with Gasteiger partial charge in [0.25, 0.3) is 5.56 Å². The summed E-state index contributed by atoms with van der Waals surface area (Å²) in [7, 11) is 1.66. The van der Waals surface area contributed by atoms with E-state index in [0.29, 0.717) is 48.7 Å². The van der Waals surface area contributed by atoms with Crippen molar-refractivity contribution in [2.24, 2.45) is 0 Å². The van der Waals surface area contributed by atoms with Crippen LogP contribution in [0.15, 0.2) is 41.6 Å². The van der Waals surface area contributed by atoms with Crippen molar-refractivity contribution < 1.29 is 9.53 Å². The summed E-state index contributed by atoms with van der Waals surface area (Å²) in [5.41, 5.74) is 3.89. The lowest BCUT2D eigenvalue weighted by Crippen LogP contribution is -2.39. The molecule has 0 saturated heterocycles. The van der Waals surface area contributed by atoms with Crippen molar-refractivity contribution in [3.8, 4) is 17.3 Å². The van der Waals surface area contributed by atoms with Gasteiger partial charge >= 0.3 is 0 Å². The summed E-state index contributed by atoms with van der Waals surface area (Å²) >= 11 is 0. The molecule has 0 fully saturated rings. The van der Waals surface area contributed by atoms with Crippen LogP contribution in [0.2, 0.25) is 0 Å². The van der Waals surface area contributed by atoms with Gasteiger partial charge in [-0.05, 0) is 43.4 Å². The molecule has 8 heteroatoms. The zero-order valence-corrected chi connectivity index (χ0v) is 17.7. The fourth-order valence-electron chi connectivity index (χ4n) is 3.89. The monoisotopic (exact) mass is 419 g/mol. The number of hydrogen-bond acceptors (Lipinski definition) is 6. The normalized spacial score (nSPS) is 13.0. The Bertz CT molecular complexity index is 1140. The summed E-state index contributed by atoms with van der Waals surface area (Å²) < 4.78 is 5.30. The van der Waals surface area contributed by atoms with Gasteiger partial charge in [-0.15, -0.1) is 0 Å². The number of methoxy groups -OCH3 is 1. The Kier molecular flexibility index (Phi) is 6.06. The van der Waals surface area contributed by atoms with Gasteiger partial charge in [-0.1, -0.05) is 12.1 Å². The van der Waals surface area contributed by atoms with Crippen molar-refractivity contribution in [1.29, 1.82) is 0 Å². The first-order chi connectivity index (χ1) is 15.0. The molecule has 31 heavy (non-hydrogen) atoms. The smallest absolute Gasteiger partial charge is 0.254 e. The summed E-state index contributed by atoms with van der Waals surface area (Å²) in [6.07, 6.45) is 7.22. The van der Waals surface area contributed by atoms with Gasteiger partial charge in [0, 0.05) is 30.9 Å². The molecule has 3 heterocycles. The van der Waals surface area contributed by atoms with Gasteiger partial charge < -0.3 is 14.6 Å². The SMILES string of the molecule is COc1ccc(CCCC(=O)N2CCc3c(nc(-c4cnccn4)[nH]c3=O)C2)cc1C. The summed E-state index contributed by atoms with van der Waals surface area (Å²) in [5, 5.41) is 0. The Balaban J connectivity index is 1.40. The first kappa shape index (κ1) is 20.7. The number of nitrogens with zero attached hydrogens (tertiary/aromatic N) is 4. The van der Waals surface area contributed by atoms with Gasteiger partial charge in [-0.2, -0.15) is 0 Å². The number of carbonyl (C=O) groups is 1. The minimum absolute atomic E-state index is 0.0824. The van der Waals surface area contributed by atoms with Crippen LogP contribution >= 0.6 is 0 Å². The number of aryl methyl sites for hydroxylation is 2. The highest BCUT2D eigenvalue weighted by molar-refractivity contribution is 5.76. The van der Waals surface area contributed by atoms with Crippen LogP contribution in [-0.4, -0.2) is 44.4 Å². The first-order valence-electron chi connectivity index (χ1n) is 10.3. The lowest BCUT2D eigenvalue weighted by molar-refractivity contribution is -0.132. The third-order valence-electron chi connectivity index (χ3n) is 5.55. The molecule has 3 aromatic rings. The average molecular weight is 419 g/mol. The number of amides is 1. The maximum Gasteiger partial charge on any atom is 0.254 e. The maximum absolute atomic E-state index is 12.8. The van der Waals surface area contributed by atoms with E-state index in [1.54, 1.807) is 30.6 Å². The van der Waals surface area contributed by atoms with Crippen molar-refractivity contribution in [2.45, 2.75) is 39.2 Å². The minimum atomic E-state index is -0.173. The van der Waals surface area contributed by atoms with Crippen molar-refractivity contribution in [2.75, 3.05) is 13.7 Å². The number of rotatable bonds is 6. The van der Waals surface area contributed by atoms with Crippen LogP contribution in [-0.2, 0) is 24.2 Å². The zero-order valence-electron chi connectivity index (χ0n) is 17.7. The molecule has 0 spiro atoms. The van der Waals surface area contributed by atoms with Crippen LogP contribution in [0.3, 0.4) is 0 Å². The van der Waals surface area contributed by atoms with E-state index in [9.17, 15) is 9.59 Å². The van der Waals surface area contributed by atoms with Crippen molar-refractivity contribution >= 4 is 5.91 Å². The number of carbonyl (C=O) groups excluding carboxylic acids is 1. The molecular formula is C23H25N5O3. The van der Waals surface area contributed by atoms with Crippen LogP contribution in [0.4, 0.5) is 0 Å². The Morgan fingerprint density at radius 3 is 2.90 bits per heavy atom. The Morgan fingerprint density at radius 2 is 2.16 bits per heavy atom. The Labute approximate surface area is 180 Å². The molecule has 0 bridgehead atoms. The largest absolute Gasteiger partial charge is 0.496 e. The van der Waals surface area contributed by atoms with Crippen molar-refractivity contribution in [3.63, 3.8) is 0 Å². The highest BCUT2D eigenvalue weighted by Gasteiger charge is 2.24. The number of ether oxygens (including phenoxy) is 1. The quantitative estimate of drug-likeness (QED) is 0.659. The highest BCUT2D eigenvalue weighted by Crippen LogP contribution is 2.21. The number of nitrogens with one attached hydrogen (secondary N) is 1. The number of fused-ring (bicyclic) bond motifs is 1. The summed E-state index contributed by atoms with van der Waals surface area (Å²) in [6.45, 7) is 2.89. The molecule has 8 nitrogen and oxygen atoms in total. The van der Waals surface area contributed by atoms with Gasteiger partial charge in [-0.25, -0.2) is 9.97 Å². The average Bonchev–Trinajstić information content (AvgIpc) is 2.79. The Hall–Kier alpha value is -3.55. The van der Waals surface area contributed by atoms with Gasteiger partial charge in [0.05, 0.1) is 25.5 Å². The van der Waals surface area contributed by atoms with Crippen LogP contribution < -0.4 is 10.3 Å². The van der Waals surface area contributed by atoms with Crippen LogP contribution in [0.25, 0.3) is 11.5 Å². The molecule has 1 N–H and O–H groups in total. The zero-order chi connectivity index (χ0) is 21.8. The molecule has 1 aromatic carbocycles. The van der Waals surface area contributed by atoms with E-state index in [0.717, 1.165) is 24.2 Å². The number of aromatic nitrogens is 4. The molecule has 160 valence electrons. The van der Waals surface area contributed by atoms with E-state index in [4.69, 9.17) is 4.74 Å². The predicted molar refractivity (Wildman–Crippen MR) is 116 cm³/mol. The van der Waals surface area contributed by atoms with Crippen LogP contribution in [0.1, 0.15) is 35.2 Å². The van der Waals surface area contributed by atoms with Gasteiger partial charge in [0.2, 0.25) is 5.91 Å². The van der Waals surface area contributed by atoms with Crippen molar-refractivity contribution in [1.82, 2.24) is 24.8 Å². The molecule has 0 aliphatic carbocycles. The second-order valence-electron chi connectivity index (χ2n) is 7.65. The molecule has 1 amide bonds. The molecule has 1 aliphatic heterocycles. The molecule has 0 radical (unpaired) electrons. The van der Waals surface area contributed by atoms with Crippen molar-refractivity contribution in [3.05, 3.63) is 69.5 Å². The fourth-order valence-corrected chi connectivity index (χ4v) is 3.89. The summed E-state index contributed by atoms with van der Waals surface area (Å²) in [5.74, 6) is 1.33. The van der Waals surface area contributed by atoms with E-state index in [2.05, 4.69) is 26.0 Å². The van der Waals surface area contributed by atoms with Gasteiger partial charge in [-0.3, -0.25) is 14.6 Å². The lowest BCUT2D eigenvalue weighted by Gasteiger charge is -2.28. The first-order valence-corrected chi connectivity index (χ1v) is 10.3. The minimum Gasteiger partial charge on any atom is -0.496 e. The van der Waals surface area contributed by atoms with E-state index in [1.807, 2.05) is 19.1 Å². The molecule has 0 atom stereocenters. The van der Waals surface area contributed by atoms with Gasteiger partial charge in [0.1, 0.15) is 11.4 Å². The molecule has 2 aromatic heterocycles. The predicted octanol–water partition coefficient (Wildman–Crippen LogP) is 2.45. The molecular weight excluding hydrogens is 394 g/mol. The summed E-state index contributed by atoms with van der Waals surface area (Å²) in [6, 6.07) is 6.11. The fraction of sp³-hybridized carbons (Fsp3) is 0.348. The third-order valence-corrected chi connectivity index (χ3v) is 5.55. The lowest BCUT2D eigenvalue weighted by atomic mass is 10.0. The maximum atomic E-state index is 12.8. The van der Waals surface area contributed by atoms with Gasteiger partial charge in [0.15, 0.2) is 5.82 Å². The van der Waals surface area contributed by atoms with E-state index >= 15 is 0 Å². The van der Waals surface area contributed by atoms with Crippen LogP contribution in [0, 0.1) is 6.92 Å². The Morgan fingerprint density at radius 1 is 1.29 bits per heavy atom. The topological polar surface area (TPSA) is 101 Å². The second kappa shape index (κ2) is 9.07. The summed E-state index contributed by atoms with van der Waals surface area (Å²) in [4.78, 5) is 42.6. The third kappa shape index (κ3) is 4.63.